The zero-order chi connectivity index (χ0) is 44.1. The van der Waals surface area contributed by atoms with Gasteiger partial charge in [0.2, 0.25) is 27.7 Å². The molecule has 3 aliphatic rings. The number of benzene rings is 3. The van der Waals surface area contributed by atoms with Gasteiger partial charge in [-0.1, -0.05) is 91.4 Å². The Morgan fingerprint density at radius 2 is 1.67 bits per heavy atom. The molecule has 3 fully saturated rings. The third-order valence-corrected chi connectivity index (χ3v) is 15.0. The van der Waals surface area contributed by atoms with Gasteiger partial charge in [-0.05, 0) is 80.5 Å². The molecule has 5 atom stereocenters. The number of alkyl halides is 1. The number of nitrogens with one attached hydrogen (secondary N) is 4. The van der Waals surface area contributed by atoms with E-state index in [1.165, 1.54) is 18.2 Å². The maximum Gasteiger partial charge on any atom is 0.260 e. The molecule has 0 bridgehead atoms. The summed E-state index contributed by atoms with van der Waals surface area (Å²) in [4.78, 5) is 62.6. The van der Waals surface area contributed by atoms with E-state index >= 15 is 4.79 Å². The summed E-state index contributed by atoms with van der Waals surface area (Å²) in [5.41, 5.74) is -1.04. The number of aromatic nitrogens is 1. The number of pyridine rings is 1. The van der Waals surface area contributed by atoms with Crippen molar-refractivity contribution in [2.45, 2.75) is 98.7 Å². The second-order valence-electron chi connectivity index (χ2n) is 17.6. The normalized spacial score (nSPS) is 21.9. The lowest BCUT2D eigenvalue weighted by atomic mass is 9.85. The highest BCUT2D eigenvalue weighted by molar-refractivity contribution is 14.1. The van der Waals surface area contributed by atoms with E-state index in [4.69, 9.17) is 21.1 Å². The fourth-order valence-electron chi connectivity index (χ4n) is 7.60. The molecule has 0 unspecified atom stereocenters. The number of rotatable bonds is 14. The van der Waals surface area contributed by atoms with Gasteiger partial charge in [-0.3, -0.25) is 23.9 Å². The number of carbonyl (C=O) groups is 4. The van der Waals surface area contributed by atoms with Gasteiger partial charge < -0.3 is 30.3 Å². The van der Waals surface area contributed by atoms with Gasteiger partial charge in [0, 0.05) is 37.4 Å². The summed E-state index contributed by atoms with van der Waals surface area (Å²) >= 11 is 8.42. The molecule has 7 rings (SSSR count). The first kappa shape index (κ1) is 44.4. The van der Waals surface area contributed by atoms with Crippen LogP contribution in [-0.4, -0.2) is 88.5 Å². The molecule has 4 amide bonds. The summed E-state index contributed by atoms with van der Waals surface area (Å²) in [5.74, 6) is -1.42. The molecule has 0 radical (unpaired) electrons. The molecule has 1 aromatic heterocycles. The van der Waals surface area contributed by atoms with Crippen molar-refractivity contribution in [2.75, 3.05) is 19.0 Å². The highest BCUT2D eigenvalue weighted by Gasteiger charge is 2.62. The van der Waals surface area contributed by atoms with Crippen molar-refractivity contribution in [3.63, 3.8) is 0 Å². The van der Waals surface area contributed by atoms with E-state index in [1.807, 2.05) is 87.5 Å². The first-order valence-corrected chi connectivity index (χ1v) is 23.3. The van der Waals surface area contributed by atoms with Crippen molar-refractivity contribution in [2.24, 2.45) is 5.41 Å². The van der Waals surface area contributed by atoms with Crippen molar-refractivity contribution in [3.05, 3.63) is 95.1 Å². The average Bonchev–Trinajstić information content (AvgIpc) is 4.13. The molecular formula is C44H50ClIN6O8S. The largest absolute Gasteiger partial charge is 0.494 e. The standard InChI is InChI=1S/C44H50ClIN6O8S/c1-42(2,3)36(48-28-14-10-11-25(19-28)37(53)49-43(4,5)26-12-8-7-9-13-26)40(55)52-24-29(60-39-32-20-27(45)15-18-31(32)34(59-6)23-47-39)21-33(52)38(54)50-44(22-35(44)46)41(56)51-61(57,58)30-16-17-30/h7-15,18-20,23,29-30,33,35-36,48H,16-17,21-22,24H2,1-6H3,(H,49,53)(H,50,54)(H,51,56)/t29-,33+,35-,36-,44-/m1/s1. The fraction of sp³-hybridized carbons (Fsp3) is 0.432. The number of nitrogens with zero attached hydrogens (tertiary/aromatic N) is 2. The van der Waals surface area contributed by atoms with E-state index in [2.05, 4.69) is 25.7 Å². The maximum atomic E-state index is 15.0. The number of anilines is 1. The molecule has 1 aliphatic heterocycles. The summed E-state index contributed by atoms with van der Waals surface area (Å²) in [6.45, 7) is 9.49. The van der Waals surface area contributed by atoms with E-state index in [0.717, 1.165) is 5.56 Å². The summed E-state index contributed by atoms with van der Waals surface area (Å²) in [6, 6.07) is 19.7. The number of fused-ring (bicyclic) bond motifs is 1. The van der Waals surface area contributed by atoms with E-state index in [9.17, 15) is 22.8 Å². The molecule has 61 heavy (non-hydrogen) atoms. The van der Waals surface area contributed by atoms with Crippen LogP contribution in [0.1, 0.15) is 76.2 Å². The van der Waals surface area contributed by atoms with Crippen molar-refractivity contribution < 1.29 is 37.1 Å². The number of carbonyl (C=O) groups excluding carboxylic acids is 4. The first-order valence-electron chi connectivity index (χ1n) is 20.1. The SMILES string of the molecule is COc1cnc(O[C@@H]2C[C@@H](C(=O)N[C@]3(C(=O)NS(=O)(=O)C4CC4)C[C@H]3I)N(C(=O)[C@@H](Nc3cccc(C(=O)NC(C)(C)c4ccccc4)c3)C(C)(C)C)C2)c2cc(Cl)ccc12. The zero-order valence-electron chi connectivity index (χ0n) is 34.8. The Hall–Kier alpha value is -4.68. The lowest BCUT2D eigenvalue weighted by molar-refractivity contribution is -0.141. The van der Waals surface area contributed by atoms with E-state index in [1.54, 1.807) is 42.5 Å². The molecule has 4 aromatic rings. The van der Waals surface area contributed by atoms with Gasteiger partial charge in [-0.25, -0.2) is 13.4 Å². The van der Waals surface area contributed by atoms with Crippen molar-refractivity contribution >= 4 is 84.3 Å². The van der Waals surface area contributed by atoms with Crippen LogP contribution in [0.3, 0.4) is 0 Å². The highest BCUT2D eigenvalue weighted by atomic mass is 127. The van der Waals surface area contributed by atoms with Crippen molar-refractivity contribution in [3.8, 4) is 11.6 Å². The minimum absolute atomic E-state index is 0.0269. The lowest BCUT2D eigenvalue weighted by Gasteiger charge is -2.36. The topological polar surface area (TPSA) is 185 Å². The predicted octanol–water partition coefficient (Wildman–Crippen LogP) is 6.11. The van der Waals surface area contributed by atoms with Gasteiger partial charge in [0.15, 0.2) is 0 Å². The zero-order valence-corrected chi connectivity index (χ0v) is 38.5. The number of ether oxygens (including phenoxy) is 2. The average molecular weight is 985 g/mol. The number of halogens is 2. The second-order valence-corrected chi connectivity index (χ2v) is 21.5. The van der Waals surface area contributed by atoms with Gasteiger partial charge in [0.1, 0.15) is 29.5 Å². The van der Waals surface area contributed by atoms with Crippen LogP contribution in [0.4, 0.5) is 5.69 Å². The van der Waals surface area contributed by atoms with E-state index < -0.39 is 67.7 Å². The molecular weight excluding hydrogens is 935 g/mol. The quantitative estimate of drug-likeness (QED) is 0.0850. The number of likely N-dealkylation sites (tertiary alicyclic amines) is 1. The lowest BCUT2D eigenvalue weighted by Crippen LogP contribution is -2.58. The Kier molecular flexibility index (Phi) is 12.3. The molecule has 14 nitrogen and oxygen atoms in total. The van der Waals surface area contributed by atoms with Crippen molar-refractivity contribution in [1.82, 2.24) is 25.2 Å². The Labute approximate surface area is 374 Å². The number of hydrogen-bond acceptors (Lipinski definition) is 10. The predicted molar refractivity (Wildman–Crippen MR) is 241 cm³/mol. The van der Waals surface area contributed by atoms with Gasteiger partial charge >= 0.3 is 0 Å². The second kappa shape index (κ2) is 16.9. The first-order chi connectivity index (χ1) is 28.7. The molecule has 0 spiro atoms. The Morgan fingerprint density at radius 3 is 2.31 bits per heavy atom. The molecule has 2 aliphatic carbocycles. The van der Waals surface area contributed by atoms with Crippen LogP contribution in [0.25, 0.3) is 10.8 Å². The van der Waals surface area contributed by atoms with Gasteiger partial charge in [-0.15, -0.1) is 0 Å². The monoisotopic (exact) mass is 984 g/mol. The third-order valence-electron chi connectivity index (χ3n) is 11.4. The van der Waals surface area contributed by atoms with Crippen LogP contribution >= 0.6 is 34.2 Å². The number of sulfonamides is 1. The van der Waals surface area contributed by atoms with Crippen LogP contribution in [0, 0.1) is 5.41 Å². The molecule has 1 saturated heterocycles. The summed E-state index contributed by atoms with van der Waals surface area (Å²) in [5, 5.41) is 10.4. The molecule has 2 heterocycles. The summed E-state index contributed by atoms with van der Waals surface area (Å²) in [6.07, 6.45) is 1.96. The van der Waals surface area contributed by atoms with Crippen LogP contribution in [-0.2, 0) is 29.9 Å². The highest BCUT2D eigenvalue weighted by Crippen LogP contribution is 2.45. The number of hydrogen-bond donors (Lipinski definition) is 4. The van der Waals surface area contributed by atoms with E-state index in [0.29, 0.717) is 45.6 Å². The summed E-state index contributed by atoms with van der Waals surface area (Å²) < 4.78 is 39.4. The minimum Gasteiger partial charge on any atom is -0.494 e. The number of amides is 4. The van der Waals surface area contributed by atoms with Gasteiger partial charge in [0.05, 0.1) is 30.6 Å². The Bertz CT molecular complexity index is 2480. The van der Waals surface area contributed by atoms with Crippen LogP contribution in [0.2, 0.25) is 5.02 Å². The molecule has 4 N–H and O–H groups in total. The minimum atomic E-state index is -3.89. The molecule has 324 valence electrons. The van der Waals surface area contributed by atoms with E-state index in [-0.39, 0.29) is 35.1 Å². The Morgan fingerprint density at radius 1 is 0.967 bits per heavy atom. The Balaban J connectivity index is 1.17. The fourth-order valence-corrected chi connectivity index (χ4v) is 10.3. The van der Waals surface area contributed by atoms with Crippen molar-refractivity contribution in [1.29, 1.82) is 0 Å². The van der Waals surface area contributed by atoms with Crippen LogP contribution < -0.4 is 30.1 Å². The third kappa shape index (κ3) is 9.55. The smallest absolute Gasteiger partial charge is 0.260 e. The molecule has 17 heteroatoms. The maximum absolute atomic E-state index is 15.0. The molecule has 3 aromatic carbocycles. The molecule has 2 saturated carbocycles. The van der Waals surface area contributed by atoms with Crippen LogP contribution in [0.15, 0.2) is 79.0 Å². The van der Waals surface area contributed by atoms with Gasteiger partial charge in [0.25, 0.3) is 11.8 Å². The van der Waals surface area contributed by atoms with Gasteiger partial charge in [-0.2, -0.15) is 0 Å². The van der Waals surface area contributed by atoms with Crippen LogP contribution in [0.5, 0.6) is 11.6 Å². The number of methoxy groups -OCH3 is 1. The summed E-state index contributed by atoms with van der Waals surface area (Å²) in [7, 11) is -2.36.